The van der Waals surface area contributed by atoms with Crippen LogP contribution in [-0.4, -0.2) is 31.3 Å². The highest BCUT2D eigenvalue weighted by atomic mass is 32.2. The molecule has 2 aromatic carbocycles. The first-order chi connectivity index (χ1) is 14.7. The van der Waals surface area contributed by atoms with Crippen LogP contribution in [0, 0.1) is 24.0 Å². The Labute approximate surface area is 184 Å². The van der Waals surface area contributed by atoms with Gasteiger partial charge in [-0.15, -0.1) is 10.2 Å². The Morgan fingerprint density at radius 1 is 1.19 bits per heavy atom. The van der Waals surface area contributed by atoms with Crippen LogP contribution in [0.15, 0.2) is 47.6 Å². The van der Waals surface area contributed by atoms with E-state index in [0.717, 1.165) is 11.3 Å². The van der Waals surface area contributed by atoms with Gasteiger partial charge in [-0.25, -0.2) is 0 Å². The normalized spacial score (nSPS) is 11.7. The van der Waals surface area contributed by atoms with Gasteiger partial charge in [-0.2, -0.15) is 0 Å². The topological polar surface area (TPSA) is 112 Å². The highest BCUT2D eigenvalue weighted by Gasteiger charge is 2.18. The van der Waals surface area contributed by atoms with Crippen molar-refractivity contribution < 1.29 is 14.5 Å². The number of aryl methyl sites for hydroxylation is 2. The summed E-state index contributed by atoms with van der Waals surface area (Å²) >= 11 is 1.24. The van der Waals surface area contributed by atoms with E-state index < -0.39 is 4.92 Å². The number of carbonyl (C=O) groups is 1. The van der Waals surface area contributed by atoms with Crippen LogP contribution in [-0.2, 0) is 11.8 Å². The van der Waals surface area contributed by atoms with Crippen molar-refractivity contribution in [3.8, 4) is 5.75 Å². The van der Waals surface area contributed by atoms with Crippen LogP contribution in [0.5, 0.6) is 5.75 Å². The summed E-state index contributed by atoms with van der Waals surface area (Å²) in [5, 5.41) is 22.4. The van der Waals surface area contributed by atoms with Crippen LogP contribution in [0.4, 0.5) is 11.4 Å². The van der Waals surface area contributed by atoms with Crippen molar-refractivity contribution >= 4 is 29.0 Å². The van der Waals surface area contributed by atoms with Crippen molar-refractivity contribution in [2.24, 2.45) is 7.05 Å². The molecule has 0 spiro atoms. The van der Waals surface area contributed by atoms with Crippen molar-refractivity contribution in [1.82, 2.24) is 14.8 Å². The second kappa shape index (κ2) is 9.61. The molecule has 1 atom stereocenters. The summed E-state index contributed by atoms with van der Waals surface area (Å²) in [6.07, 6.45) is -0.317. The zero-order valence-corrected chi connectivity index (χ0v) is 18.5. The van der Waals surface area contributed by atoms with Crippen LogP contribution in [0.3, 0.4) is 0 Å². The van der Waals surface area contributed by atoms with Crippen molar-refractivity contribution in [1.29, 1.82) is 0 Å². The number of nitrogens with one attached hydrogen (secondary N) is 1. The third-order valence-electron chi connectivity index (χ3n) is 4.72. The number of nitrogens with zero attached hydrogens (tertiary/aromatic N) is 4. The first-order valence-electron chi connectivity index (χ1n) is 9.55. The van der Waals surface area contributed by atoms with Gasteiger partial charge in [-0.1, -0.05) is 17.8 Å². The van der Waals surface area contributed by atoms with Gasteiger partial charge in [0.05, 0.1) is 10.7 Å². The monoisotopic (exact) mass is 441 g/mol. The second-order valence-electron chi connectivity index (χ2n) is 7.05. The smallest absolute Gasteiger partial charge is 0.269 e. The summed E-state index contributed by atoms with van der Waals surface area (Å²) in [7, 11) is 1.83. The summed E-state index contributed by atoms with van der Waals surface area (Å²) in [5.74, 6) is 1.28. The number of benzene rings is 2. The van der Waals surface area contributed by atoms with E-state index in [0.29, 0.717) is 16.7 Å². The van der Waals surface area contributed by atoms with Crippen molar-refractivity contribution in [2.45, 2.75) is 32.0 Å². The molecule has 0 aliphatic carbocycles. The Balaban J connectivity index is 1.57. The van der Waals surface area contributed by atoms with Crippen LogP contribution in [0.25, 0.3) is 0 Å². The lowest BCUT2D eigenvalue weighted by Gasteiger charge is -2.15. The third kappa shape index (κ3) is 5.60. The standard InChI is InChI=1S/C21H23N5O4S/c1-13-5-10-18(11-14(13)2)30-15(3)20-23-24-21(25(20)4)31-12-19(27)22-16-6-8-17(9-7-16)26(28)29/h5-11,15H,12H2,1-4H3,(H,22,27). The third-order valence-corrected chi connectivity index (χ3v) is 5.74. The Kier molecular flexibility index (Phi) is 6.91. The Morgan fingerprint density at radius 2 is 1.90 bits per heavy atom. The Morgan fingerprint density at radius 3 is 2.55 bits per heavy atom. The number of non-ortho nitro benzene ring substituents is 1. The molecule has 1 amide bonds. The molecule has 10 heteroatoms. The lowest BCUT2D eigenvalue weighted by Crippen LogP contribution is -2.15. The van der Waals surface area contributed by atoms with Gasteiger partial charge in [0, 0.05) is 24.9 Å². The fourth-order valence-corrected chi connectivity index (χ4v) is 3.56. The molecule has 3 aromatic rings. The maximum absolute atomic E-state index is 12.2. The van der Waals surface area contributed by atoms with Gasteiger partial charge in [-0.05, 0) is 56.2 Å². The molecule has 0 saturated carbocycles. The minimum absolute atomic E-state index is 0.0314. The molecule has 162 valence electrons. The summed E-state index contributed by atoms with van der Waals surface area (Å²) in [6.45, 7) is 5.98. The van der Waals surface area contributed by atoms with E-state index in [1.165, 1.54) is 41.6 Å². The van der Waals surface area contributed by atoms with E-state index in [1.54, 1.807) is 4.57 Å². The number of thioether (sulfide) groups is 1. The highest BCUT2D eigenvalue weighted by Crippen LogP contribution is 2.25. The molecule has 3 rings (SSSR count). The minimum atomic E-state index is -0.488. The number of amides is 1. The first-order valence-corrected chi connectivity index (χ1v) is 10.5. The van der Waals surface area contributed by atoms with Gasteiger partial charge >= 0.3 is 0 Å². The molecular formula is C21H23N5O4S. The number of carbonyl (C=O) groups excluding carboxylic acids is 1. The van der Waals surface area contributed by atoms with Crippen molar-refractivity contribution in [3.63, 3.8) is 0 Å². The average Bonchev–Trinajstić information content (AvgIpc) is 3.10. The molecule has 1 aromatic heterocycles. The van der Waals surface area contributed by atoms with E-state index in [4.69, 9.17) is 4.74 Å². The molecule has 0 aliphatic rings. The number of hydrogen-bond acceptors (Lipinski definition) is 7. The summed E-state index contributed by atoms with van der Waals surface area (Å²) in [4.78, 5) is 22.4. The summed E-state index contributed by atoms with van der Waals surface area (Å²) < 4.78 is 7.80. The van der Waals surface area contributed by atoms with E-state index in [2.05, 4.69) is 15.5 Å². The molecule has 1 unspecified atom stereocenters. The van der Waals surface area contributed by atoms with Crippen LogP contribution < -0.4 is 10.1 Å². The van der Waals surface area contributed by atoms with E-state index in [9.17, 15) is 14.9 Å². The molecule has 0 radical (unpaired) electrons. The predicted octanol–water partition coefficient (Wildman–Crippen LogP) is 4.21. The van der Waals surface area contributed by atoms with E-state index in [1.807, 2.05) is 46.0 Å². The van der Waals surface area contributed by atoms with E-state index >= 15 is 0 Å². The summed E-state index contributed by atoms with van der Waals surface area (Å²) in [6, 6.07) is 11.6. The highest BCUT2D eigenvalue weighted by molar-refractivity contribution is 7.99. The minimum Gasteiger partial charge on any atom is -0.483 e. The fraction of sp³-hybridized carbons (Fsp3) is 0.286. The number of nitro groups is 1. The molecule has 1 N–H and O–H groups in total. The fourth-order valence-electron chi connectivity index (χ4n) is 2.84. The maximum atomic E-state index is 12.2. The molecule has 0 aliphatic heterocycles. The van der Waals surface area contributed by atoms with Gasteiger partial charge in [0.2, 0.25) is 5.91 Å². The molecule has 1 heterocycles. The maximum Gasteiger partial charge on any atom is 0.269 e. The van der Waals surface area contributed by atoms with E-state index in [-0.39, 0.29) is 23.5 Å². The first kappa shape index (κ1) is 22.3. The molecule has 0 bridgehead atoms. The molecule has 0 fully saturated rings. The second-order valence-corrected chi connectivity index (χ2v) is 7.99. The summed E-state index contributed by atoms with van der Waals surface area (Å²) in [5.41, 5.74) is 2.81. The molecule has 0 saturated heterocycles. The Bertz CT molecular complexity index is 1100. The molecular weight excluding hydrogens is 418 g/mol. The largest absolute Gasteiger partial charge is 0.483 e. The number of hydrogen-bond donors (Lipinski definition) is 1. The quantitative estimate of drug-likeness (QED) is 0.316. The van der Waals surface area contributed by atoms with Gasteiger partial charge in [0.25, 0.3) is 5.69 Å². The number of nitro benzene ring substituents is 1. The van der Waals surface area contributed by atoms with Crippen molar-refractivity contribution in [3.05, 3.63) is 69.5 Å². The number of aromatic nitrogens is 3. The zero-order chi connectivity index (χ0) is 22.5. The number of ether oxygens (including phenoxy) is 1. The molecule has 31 heavy (non-hydrogen) atoms. The lowest BCUT2D eigenvalue weighted by atomic mass is 10.1. The van der Waals surface area contributed by atoms with Crippen LogP contribution in [0.1, 0.15) is 30.0 Å². The SMILES string of the molecule is Cc1ccc(OC(C)c2nnc(SCC(=O)Nc3ccc([N+](=O)[O-])cc3)n2C)cc1C. The lowest BCUT2D eigenvalue weighted by molar-refractivity contribution is -0.384. The number of rotatable bonds is 8. The van der Waals surface area contributed by atoms with Gasteiger partial charge in [0.1, 0.15) is 5.75 Å². The van der Waals surface area contributed by atoms with Gasteiger partial charge in [0.15, 0.2) is 17.1 Å². The van der Waals surface area contributed by atoms with Crippen LogP contribution >= 0.6 is 11.8 Å². The van der Waals surface area contributed by atoms with Gasteiger partial charge in [-0.3, -0.25) is 14.9 Å². The van der Waals surface area contributed by atoms with Gasteiger partial charge < -0.3 is 14.6 Å². The molecule has 9 nitrogen and oxygen atoms in total. The van der Waals surface area contributed by atoms with Crippen molar-refractivity contribution in [2.75, 3.05) is 11.1 Å². The number of anilines is 1. The zero-order valence-electron chi connectivity index (χ0n) is 17.7. The predicted molar refractivity (Wildman–Crippen MR) is 118 cm³/mol. The Hall–Kier alpha value is -3.40. The van der Waals surface area contributed by atoms with Crippen LogP contribution in [0.2, 0.25) is 0 Å². The average molecular weight is 442 g/mol.